The normalized spacial score (nSPS) is 12.7. The molecule has 0 saturated heterocycles. The maximum absolute atomic E-state index is 11.8. The van der Waals surface area contributed by atoms with Crippen molar-refractivity contribution >= 4 is 23.2 Å². The number of rotatable bonds is 3. The molecular weight excluding hydrogens is 277 g/mol. The van der Waals surface area contributed by atoms with Gasteiger partial charge in [-0.1, -0.05) is 23.2 Å². The van der Waals surface area contributed by atoms with Crippen molar-refractivity contribution in [1.82, 2.24) is 14.8 Å². The average molecular weight is 288 g/mol. The van der Waals surface area contributed by atoms with Crippen LogP contribution < -0.4 is 5.69 Å². The Morgan fingerprint density at radius 3 is 2.72 bits per heavy atom. The SMILES string of the molecule is CO[C@H](C)c1n[nH]c(=O)n1-c1ccc(Cl)c(Cl)c1. The predicted molar refractivity (Wildman–Crippen MR) is 69.6 cm³/mol. The van der Waals surface area contributed by atoms with Gasteiger partial charge in [0.2, 0.25) is 0 Å². The molecular formula is C11H11Cl2N3O2. The number of ether oxygens (including phenoxy) is 1. The smallest absolute Gasteiger partial charge is 0.348 e. The Morgan fingerprint density at radius 2 is 2.11 bits per heavy atom. The number of hydrogen-bond acceptors (Lipinski definition) is 3. The van der Waals surface area contributed by atoms with E-state index in [0.29, 0.717) is 21.6 Å². The summed E-state index contributed by atoms with van der Waals surface area (Å²) in [4.78, 5) is 11.8. The largest absolute Gasteiger partial charge is 0.374 e. The van der Waals surface area contributed by atoms with E-state index in [-0.39, 0.29) is 11.8 Å². The van der Waals surface area contributed by atoms with Crippen molar-refractivity contribution in [3.63, 3.8) is 0 Å². The van der Waals surface area contributed by atoms with Gasteiger partial charge in [-0.15, -0.1) is 0 Å². The minimum absolute atomic E-state index is 0.321. The summed E-state index contributed by atoms with van der Waals surface area (Å²) in [5.41, 5.74) is 0.231. The molecule has 0 spiro atoms. The van der Waals surface area contributed by atoms with Crippen LogP contribution in [0.2, 0.25) is 10.0 Å². The molecule has 1 aromatic carbocycles. The molecule has 18 heavy (non-hydrogen) atoms. The highest BCUT2D eigenvalue weighted by Gasteiger charge is 2.16. The Bertz CT molecular complexity index is 621. The van der Waals surface area contributed by atoms with Gasteiger partial charge in [0.05, 0.1) is 15.7 Å². The second-order valence-corrected chi connectivity index (χ2v) is 4.51. The van der Waals surface area contributed by atoms with Crippen molar-refractivity contribution in [3.8, 4) is 5.69 Å². The van der Waals surface area contributed by atoms with Gasteiger partial charge in [0, 0.05) is 7.11 Å². The minimum Gasteiger partial charge on any atom is -0.374 e. The van der Waals surface area contributed by atoms with Crippen LogP contribution in [-0.2, 0) is 4.74 Å². The third-order valence-electron chi connectivity index (χ3n) is 2.58. The summed E-state index contributed by atoms with van der Waals surface area (Å²) in [6.07, 6.45) is -0.321. The lowest BCUT2D eigenvalue weighted by atomic mass is 10.3. The van der Waals surface area contributed by atoms with E-state index in [1.165, 1.54) is 4.57 Å². The third-order valence-corrected chi connectivity index (χ3v) is 3.32. The van der Waals surface area contributed by atoms with Gasteiger partial charge < -0.3 is 4.74 Å². The maximum Gasteiger partial charge on any atom is 0.348 e. The molecule has 0 saturated carbocycles. The Kier molecular flexibility index (Phi) is 3.75. The fraction of sp³-hybridized carbons (Fsp3) is 0.273. The molecule has 0 aliphatic carbocycles. The first-order valence-corrected chi connectivity index (χ1v) is 5.95. The van der Waals surface area contributed by atoms with Crippen LogP contribution in [0, 0.1) is 0 Å². The summed E-state index contributed by atoms with van der Waals surface area (Å²) < 4.78 is 6.56. The molecule has 1 aromatic heterocycles. The number of H-pyrrole nitrogens is 1. The first-order chi connectivity index (χ1) is 8.54. The Balaban J connectivity index is 2.59. The molecule has 0 amide bonds. The quantitative estimate of drug-likeness (QED) is 0.944. The fourth-order valence-electron chi connectivity index (χ4n) is 1.56. The minimum atomic E-state index is -0.354. The van der Waals surface area contributed by atoms with Gasteiger partial charge in [-0.2, -0.15) is 5.10 Å². The third kappa shape index (κ3) is 2.29. The number of aromatic amines is 1. The van der Waals surface area contributed by atoms with Crippen molar-refractivity contribution in [3.05, 3.63) is 44.6 Å². The molecule has 0 bridgehead atoms. The van der Waals surface area contributed by atoms with Gasteiger partial charge in [-0.05, 0) is 25.1 Å². The van der Waals surface area contributed by atoms with Gasteiger partial charge in [0.25, 0.3) is 0 Å². The zero-order valence-electron chi connectivity index (χ0n) is 9.78. The van der Waals surface area contributed by atoms with Crippen molar-refractivity contribution in [2.24, 2.45) is 0 Å². The summed E-state index contributed by atoms with van der Waals surface area (Å²) in [6.45, 7) is 1.80. The molecule has 1 atom stereocenters. The lowest BCUT2D eigenvalue weighted by Gasteiger charge is -2.11. The number of nitrogens with one attached hydrogen (secondary N) is 1. The molecule has 0 aliphatic heterocycles. The van der Waals surface area contributed by atoms with Crippen LogP contribution in [0.15, 0.2) is 23.0 Å². The highest BCUT2D eigenvalue weighted by Crippen LogP contribution is 2.25. The average Bonchev–Trinajstić information content (AvgIpc) is 2.74. The zero-order chi connectivity index (χ0) is 13.3. The van der Waals surface area contributed by atoms with Crippen LogP contribution >= 0.6 is 23.2 Å². The Labute approximate surface area is 113 Å². The molecule has 0 aliphatic rings. The molecule has 5 nitrogen and oxygen atoms in total. The molecule has 7 heteroatoms. The number of hydrogen-bond donors (Lipinski definition) is 1. The second-order valence-electron chi connectivity index (χ2n) is 3.70. The number of benzene rings is 1. The van der Waals surface area contributed by atoms with E-state index < -0.39 is 0 Å². The van der Waals surface area contributed by atoms with Crippen molar-refractivity contribution in [2.45, 2.75) is 13.0 Å². The summed E-state index contributed by atoms with van der Waals surface area (Å²) in [6, 6.07) is 4.92. The van der Waals surface area contributed by atoms with E-state index in [9.17, 15) is 4.79 Å². The fourth-order valence-corrected chi connectivity index (χ4v) is 1.85. The summed E-state index contributed by atoms with van der Waals surface area (Å²) in [5, 5.41) is 7.13. The Hall–Kier alpha value is -1.30. The monoisotopic (exact) mass is 287 g/mol. The maximum atomic E-state index is 11.8. The van der Waals surface area contributed by atoms with Crippen LogP contribution in [0.3, 0.4) is 0 Å². The van der Waals surface area contributed by atoms with E-state index in [1.807, 2.05) is 0 Å². The number of halogens is 2. The summed E-state index contributed by atoms with van der Waals surface area (Å²) in [7, 11) is 1.54. The first kappa shape index (κ1) is 13.1. The standard InChI is InChI=1S/C11H11Cl2N3O2/c1-6(18-2)10-14-15-11(17)16(10)7-3-4-8(12)9(13)5-7/h3-6H,1-2H3,(H,15,17)/t6-/m1/s1. The Morgan fingerprint density at radius 1 is 1.39 bits per heavy atom. The molecule has 1 N–H and O–H groups in total. The van der Waals surface area contributed by atoms with Gasteiger partial charge in [-0.3, -0.25) is 0 Å². The van der Waals surface area contributed by atoms with E-state index in [2.05, 4.69) is 10.2 Å². The van der Waals surface area contributed by atoms with Crippen LogP contribution in [0.5, 0.6) is 0 Å². The molecule has 2 rings (SSSR count). The highest BCUT2D eigenvalue weighted by molar-refractivity contribution is 6.42. The molecule has 0 fully saturated rings. The van der Waals surface area contributed by atoms with E-state index in [4.69, 9.17) is 27.9 Å². The predicted octanol–water partition coefficient (Wildman–Crippen LogP) is 2.57. The number of methoxy groups -OCH3 is 1. The summed E-state index contributed by atoms with van der Waals surface area (Å²) >= 11 is 11.8. The van der Waals surface area contributed by atoms with Gasteiger partial charge >= 0.3 is 5.69 Å². The van der Waals surface area contributed by atoms with Crippen LogP contribution in [0.25, 0.3) is 5.69 Å². The molecule has 0 radical (unpaired) electrons. The number of nitrogens with zero attached hydrogens (tertiary/aromatic N) is 2. The summed E-state index contributed by atoms with van der Waals surface area (Å²) in [5.74, 6) is 0.473. The molecule has 2 aromatic rings. The zero-order valence-corrected chi connectivity index (χ0v) is 11.3. The topological polar surface area (TPSA) is 59.9 Å². The lowest BCUT2D eigenvalue weighted by Crippen LogP contribution is -2.18. The van der Waals surface area contributed by atoms with Gasteiger partial charge in [0.15, 0.2) is 5.82 Å². The van der Waals surface area contributed by atoms with E-state index in [0.717, 1.165) is 0 Å². The lowest BCUT2D eigenvalue weighted by molar-refractivity contribution is 0.110. The number of aromatic nitrogens is 3. The van der Waals surface area contributed by atoms with Crippen LogP contribution in [-0.4, -0.2) is 21.9 Å². The van der Waals surface area contributed by atoms with E-state index >= 15 is 0 Å². The van der Waals surface area contributed by atoms with Crippen LogP contribution in [0.4, 0.5) is 0 Å². The van der Waals surface area contributed by atoms with Crippen molar-refractivity contribution < 1.29 is 4.74 Å². The first-order valence-electron chi connectivity index (χ1n) is 5.20. The molecule has 96 valence electrons. The van der Waals surface area contributed by atoms with E-state index in [1.54, 1.807) is 32.2 Å². The highest BCUT2D eigenvalue weighted by atomic mass is 35.5. The molecule has 0 unspecified atom stereocenters. The van der Waals surface area contributed by atoms with Crippen molar-refractivity contribution in [2.75, 3.05) is 7.11 Å². The van der Waals surface area contributed by atoms with Gasteiger partial charge in [-0.25, -0.2) is 14.5 Å². The van der Waals surface area contributed by atoms with Gasteiger partial charge in [0.1, 0.15) is 6.10 Å². The van der Waals surface area contributed by atoms with Crippen molar-refractivity contribution in [1.29, 1.82) is 0 Å². The van der Waals surface area contributed by atoms with Crippen LogP contribution in [0.1, 0.15) is 18.9 Å². The molecule has 1 heterocycles. The second kappa shape index (κ2) is 5.14.